The number of amides is 1. The molecule has 3 rings (SSSR count). The number of halogens is 2. The normalized spacial score (nSPS) is 11.4. The van der Waals surface area contributed by atoms with Gasteiger partial charge in [0.2, 0.25) is 11.1 Å². The number of rotatable bonds is 7. The minimum atomic E-state index is -0.551. The van der Waals surface area contributed by atoms with Crippen LogP contribution in [0.1, 0.15) is 32.2 Å². The molecule has 1 heterocycles. The summed E-state index contributed by atoms with van der Waals surface area (Å²) in [4.78, 5) is 12.1. The maximum absolute atomic E-state index is 13.2. The van der Waals surface area contributed by atoms with Gasteiger partial charge in [-0.25, -0.2) is 9.07 Å². The van der Waals surface area contributed by atoms with Gasteiger partial charge in [-0.2, -0.15) is 0 Å². The van der Waals surface area contributed by atoms with Gasteiger partial charge >= 0.3 is 0 Å². The van der Waals surface area contributed by atoms with Crippen LogP contribution in [0.2, 0.25) is 5.02 Å². The van der Waals surface area contributed by atoms with E-state index in [1.807, 2.05) is 24.3 Å². The Morgan fingerprint density at radius 2 is 1.94 bits per heavy atom. The first-order valence-corrected chi connectivity index (χ1v) is 10.8. The number of hydrogen-bond donors (Lipinski definition) is 2. The SMILES string of the molecule is CC(C)(C)c1ccc(OCc2nnc(SCC(=O)Nc3ccc(F)c(Cl)c3)n2N)cc1. The summed E-state index contributed by atoms with van der Waals surface area (Å²) in [5.41, 5.74) is 1.68. The highest BCUT2D eigenvalue weighted by Gasteiger charge is 2.15. The van der Waals surface area contributed by atoms with Crippen molar-refractivity contribution in [3.8, 4) is 5.75 Å². The summed E-state index contributed by atoms with van der Waals surface area (Å²) in [6.45, 7) is 6.58. The summed E-state index contributed by atoms with van der Waals surface area (Å²) in [5.74, 6) is 6.32. The molecule has 0 aliphatic carbocycles. The van der Waals surface area contributed by atoms with E-state index in [0.717, 1.165) is 11.8 Å². The Morgan fingerprint density at radius 3 is 2.58 bits per heavy atom. The molecule has 0 unspecified atom stereocenters. The van der Waals surface area contributed by atoms with E-state index in [-0.39, 0.29) is 28.7 Å². The zero-order chi connectivity index (χ0) is 22.6. The first-order chi connectivity index (χ1) is 14.6. The van der Waals surface area contributed by atoms with E-state index in [9.17, 15) is 9.18 Å². The van der Waals surface area contributed by atoms with Gasteiger partial charge in [-0.1, -0.05) is 56.3 Å². The Morgan fingerprint density at radius 1 is 1.23 bits per heavy atom. The molecule has 0 spiro atoms. The lowest BCUT2D eigenvalue weighted by molar-refractivity contribution is -0.113. The minimum absolute atomic E-state index is 0.0411. The van der Waals surface area contributed by atoms with E-state index < -0.39 is 5.82 Å². The van der Waals surface area contributed by atoms with Crippen LogP contribution in [0.15, 0.2) is 47.6 Å². The lowest BCUT2D eigenvalue weighted by Crippen LogP contribution is -2.18. The molecular formula is C21H23ClFN5O2S. The molecule has 3 N–H and O–H groups in total. The molecule has 31 heavy (non-hydrogen) atoms. The Hall–Kier alpha value is -2.78. The molecule has 7 nitrogen and oxygen atoms in total. The highest BCUT2D eigenvalue weighted by molar-refractivity contribution is 7.99. The highest BCUT2D eigenvalue weighted by Crippen LogP contribution is 2.25. The van der Waals surface area contributed by atoms with E-state index in [0.29, 0.717) is 22.4 Å². The average Bonchev–Trinajstić information content (AvgIpc) is 3.07. The quantitative estimate of drug-likeness (QED) is 0.398. The van der Waals surface area contributed by atoms with Crippen molar-refractivity contribution in [3.63, 3.8) is 0 Å². The fourth-order valence-electron chi connectivity index (χ4n) is 2.60. The lowest BCUT2D eigenvalue weighted by atomic mass is 9.87. The molecule has 0 aliphatic heterocycles. The number of anilines is 1. The van der Waals surface area contributed by atoms with Gasteiger partial charge in [-0.05, 0) is 41.3 Å². The van der Waals surface area contributed by atoms with Crippen LogP contribution in [0, 0.1) is 5.82 Å². The Balaban J connectivity index is 1.52. The molecule has 3 aromatic rings. The van der Waals surface area contributed by atoms with Crippen LogP contribution in [0.4, 0.5) is 10.1 Å². The third kappa shape index (κ3) is 6.11. The van der Waals surface area contributed by atoms with Crippen LogP contribution in [0.3, 0.4) is 0 Å². The third-order valence-electron chi connectivity index (χ3n) is 4.36. The predicted molar refractivity (Wildman–Crippen MR) is 120 cm³/mol. The Labute approximate surface area is 189 Å². The van der Waals surface area contributed by atoms with Gasteiger partial charge < -0.3 is 15.9 Å². The molecule has 0 saturated carbocycles. The standard InChI is InChI=1S/C21H23ClFN5O2S/c1-21(2,3)13-4-7-15(8-5-13)30-11-18-26-27-20(28(18)24)31-12-19(29)25-14-6-9-17(23)16(22)10-14/h4-10H,11-12,24H2,1-3H3,(H,25,29). The average molecular weight is 464 g/mol. The molecule has 0 atom stereocenters. The van der Waals surface area contributed by atoms with Crippen molar-refractivity contribution in [1.29, 1.82) is 0 Å². The fraction of sp³-hybridized carbons (Fsp3) is 0.286. The molecular weight excluding hydrogens is 441 g/mol. The molecule has 1 aromatic heterocycles. The molecule has 0 saturated heterocycles. The largest absolute Gasteiger partial charge is 0.486 e. The number of hydrogen-bond acceptors (Lipinski definition) is 6. The first-order valence-electron chi connectivity index (χ1n) is 9.44. The van der Waals surface area contributed by atoms with Crippen LogP contribution < -0.4 is 15.9 Å². The van der Waals surface area contributed by atoms with Gasteiger partial charge in [0.1, 0.15) is 18.2 Å². The topological polar surface area (TPSA) is 95.1 Å². The second-order valence-corrected chi connectivity index (χ2v) is 9.15. The number of nitrogens with one attached hydrogen (secondary N) is 1. The summed E-state index contributed by atoms with van der Waals surface area (Å²) in [6, 6.07) is 11.8. The number of carbonyl (C=O) groups excluding carboxylic acids is 1. The zero-order valence-corrected chi connectivity index (χ0v) is 18.9. The maximum Gasteiger partial charge on any atom is 0.234 e. The van der Waals surface area contributed by atoms with Gasteiger partial charge in [0, 0.05) is 5.69 Å². The zero-order valence-electron chi connectivity index (χ0n) is 17.4. The number of nitrogen functional groups attached to an aromatic ring is 1. The molecule has 164 valence electrons. The second kappa shape index (κ2) is 9.57. The monoisotopic (exact) mass is 463 g/mol. The number of nitrogens with two attached hydrogens (primary N) is 1. The molecule has 2 aromatic carbocycles. The number of benzene rings is 2. The van der Waals surface area contributed by atoms with E-state index in [4.69, 9.17) is 22.2 Å². The van der Waals surface area contributed by atoms with Crippen LogP contribution in [-0.2, 0) is 16.8 Å². The van der Waals surface area contributed by atoms with Crippen LogP contribution in [0.5, 0.6) is 5.75 Å². The van der Waals surface area contributed by atoms with Gasteiger partial charge in [0.15, 0.2) is 5.82 Å². The number of ether oxygens (including phenoxy) is 1. The molecule has 0 aliphatic rings. The van der Waals surface area contributed by atoms with Gasteiger partial charge in [0.25, 0.3) is 0 Å². The van der Waals surface area contributed by atoms with Gasteiger partial charge in [-0.3, -0.25) is 4.79 Å². The van der Waals surface area contributed by atoms with Gasteiger partial charge in [0.05, 0.1) is 10.8 Å². The Bertz CT molecular complexity index is 1070. The van der Waals surface area contributed by atoms with Crippen LogP contribution in [-0.4, -0.2) is 26.5 Å². The molecule has 1 amide bonds. The summed E-state index contributed by atoms with van der Waals surface area (Å²) in [5, 5.41) is 11.0. The highest BCUT2D eigenvalue weighted by atomic mass is 35.5. The summed E-state index contributed by atoms with van der Waals surface area (Å²) < 4.78 is 20.2. The van der Waals surface area contributed by atoms with Crippen molar-refractivity contribution in [3.05, 3.63) is 64.7 Å². The number of nitrogens with zero attached hydrogens (tertiary/aromatic N) is 3. The molecule has 10 heteroatoms. The van der Waals surface area contributed by atoms with Crippen molar-refractivity contribution >= 4 is 35.0 Å². The van der Waals surface area contributed by atoms with Crippen molar-refractivity contribution in [2.75, 3.05) is 16.9 Å². The second-order valence-electron chi connectivity index (χ2n) is 7.80. The van der Waals surface area contributed by atoms with E-state index in [1.54, 1.807) is 0 Å². The molecule has 0 radical (unpaired) electrons. The van der Waals surface area contributed by atoms with Crippen molar-refractivity contribution in [1.82, 2.24) is 14.9 Å². The summed E-state index contributed by atoms with van der Waals surface area (Å²) in [7, 11) is 0. The van der Waals surface area contributed by atoms with Gasteiger partial charge in [-0.15, -0.1) is 10.2 Å². The molecule has 0 fully saturated rings. The molecule has 0 bridgehead atoms. The van der Waals surface area contributed by atoms with Crippen molar-refractivity contribution in [2.24, 2.45) is 0 Å². The Kier molecular flexibility index (Phi) is 7.07. The smallest absolute Gasteiger partial charge is 0.234 e. The maximum atomic E-state index is 13.2. The fourth-order valence-corrected chi connectivity index (χ4v) is 3.46. The van der Waals surface area contributed by atoms with Crippen LogP contribution >= 0.6 is 23.4 Å². The van der Waals surface area contributed by atoms with Crippen molar-refractivity contribution < 1.29 is 13.9 Å². The van der Waals surface area contributed by atoms with Crippen molar-refractivity contribution in [2.45, 2.75) is 37.9 Å². The van der Waals surface area contributed by atoms with Crippen LogP contribution in [0.25, 0.3) is 0 Å². The third-order valence-corrected chi connectivity index (χ3v) is 5.59. The number of aromatic nitrogens is 3. The lowest BCUT2D eigenvalue weighted by Gasteiger charge is -2.19. The number of thioether (sulfide) groups is 1. The van der Waals surface area contributed by atoms with E-state index >= 15 is 0 Å². The van der Waals surface area contributed by atoms with E-state index in [2.05, 4.69) is 36.3 Å². The predicted octanol–water partition coefficient (Wildman–Crippen LogP) is 4.39. The first kappa shape index (κ1) is 22.9. The summed E-state index contributed by atoms with van der Waals surface area (Å²) >= 11 is 6.83. The summed E-state index contributed by atoms with van der Waals surface area (Å²) in [6.07, 6.45) is 0. The van der Waals surface area contributed by atoms with E-state index in [1.165, 1.54) is 28.4 Å². The minimum Gasteiger partial charge on any atom is -0.486 e. The number of carbonyl (C=O) groups is 1.